The molecule has 1 unspecified atom stereocenters. The van der Waals surface area contributed by atoms with Gasteiger partial charge in [0.25, 0.3) is 0 Å². The Kier molecular flexibility index (Phi) is 4.27. The molecule has 5 heteroatoms. The Morgan fingerprint density at radius 3 is 2.74 bits per heavy atom. The maximum Gasteiger partial charge on any atom is 0.130 e. The maximum atomic E-state index is 13.8. The molecule has 0 fully saturated rings. The van der Waals surface area contributed by atoms with E-state index in [2.05, 4.69) is 10.3 Å². The largest absolute Gasteiger partial charge is 0.338 e. The van der Waals surface area contributed by atoms with E-state index in [1.807, 2.05) is 24.7 Å². The van der Waals surface area contributed by atoms with Crippen LogP contribution in [0.25, 0.3) is 0 Å². The summed E-state index contributed by atoms with van der Waals surface area (Å²) in [6, 6.07) is 3.46. The molecule has 0 saturated heterocycles. The standard InChI is InChI=1S/C14H17F2N3/c1-3-17-13(9-14-18-6-7-19(14)2)11-5-4-10(15)8-12(11)16/h4-8,13,17H,3,9H2,1-2H3. The topological polar surface area (TPSA) is 29.9 Å². The molecular weight excluding hydrogens is 248 g/mol. The molecule has 1 aromatic carbocycles. The summed E-state index contributed by atoms with van der Waals surface area (Å²) in [6.07, 6.45) is 4.11. The van der Waals surface area contributed by atoms with Crippen LogP contribution in [0.2, 0.25) is 0 Å². The van der Waals surface area contributed by atoms with Gasteiger partial charge in [-0.05, 0) is 12.6 Å². The fraction of sp³-hybridized carbons (Fsp3) is 0.357. The number of aromatic nitrogens is 2. The third kappa shape index (κ3) is 3.17. The van der Waals surface area contributed by atoms with E-state index in [0.29, 0.717) is 18.5 Å². The van der Waals surface area contributed by atoms with Crippen LogP contribution in [0.1, 0.15) is 24.4 Å². The van der Waals surface area contributed by atoms with Crippen molar-refractivity contribution in [1.29, 1.82) is 0 Å². The molecule has 0 aliphatic heterocycles. The highest BCUT2D eigenvalue weighted by atomic mass is 19.1. The molecule has 1 aromatic heterocycles. The molecule has 1 N–H and O–H groups in total. The lowest BCUT2D eigenvalue weighted by Gasteiger charge is -2.18. The molecule has 19 heavy (non-hydrogen) atoms. The van der Waals surface area contributed by atoms with Gasteiger partial charge in [-0.25, -0.2) is 13.8 Å². The molecule has 102 valence electrons. The fourth-order valence-electron chi connectivity index (χ4n) is 2.10. The van der Waals surface area contributed by atoms with E-state index >= 15 is 0 Å². The highest BCUT2D eigenvalue weighted by Crippen LogP contribution is 2.21. The van der Waals surface area contributed by atoms with Gasteiger partial charge in [0.2, 0.25) is 0 Å². The van der Waals surface area contributed by atoms with E-state index in [0.717, 1.165) is 11.9 Å². The number of hydrogen-bond donors (Lipinski definition) is 1. The van der Waals surface area contributed by atoms with Crippen molar-refractivity contribution in [1.82, 2.24) is 14.9 Å². The molecule has 0 aliphatic carbocycles. The van der Waals surface area contributed by atoms with Gasteiger partial charge in [0.05, 0.1) is 0 Å². The van der Waals surface area contributed by atoms with E-state index in [1.54, 1.807) is 6.20 Å². The average Bonchev–Trinajstić information content (AvgIpc) is 2.75. The highest BCUT2D eigenvalue weighted by Gasteiger charge is 2.17. The van der Waals surface area contributed by atoms with Crippen LogP contribution in [0, 0.1) is 11.6 Å². The molecular formula is C14H17F2N3. The summed E-state index contributed by atoms with van der Waals surface area (Å²) in [5.74, 6) is -0.233. The molecule has 3 nitrogen and oxygen atoms in total. The summed E-state index contributed by atoms with van der Waals surface area (Å²) in [6.45, 7) is 2.65. The Morgan fingerprint density at radius 2 is 2.16 bits per heavy atom. The number of nitrogens with zero attached hydrogens (tertiary/aromatic N) is 2. The Labute approximate surface area is 111 Å². The maximum absolute atomic E-state index is 13.8. The number of nitrogens with one attached hydrogen (secondary N) is 1. The Bertz CT molecular complexity index is 551. The first-order chi connectivity index (χ1) is 9.11. The molecule has 0 bridgehead atoms. The van der Waals surface area contributed by atoms with Crippen LogP contribution in [-0.4, -0.2) is 16.1 Å². The fourth-order valence-corrected chi connectivity index (χ4v) is 2.10. The smallest absolute Gasteiger partial charge is 0.130 e. The number of likely N-dealkylation sites (N-methyl/N-ethyl adjacent to an activating group) is 1. The van der Waals surface area contributed by atoms with E-state index in [1.165, 1.54) is 12.1 Å². The Balaban J connectivity index is 2.27. The molecule has 0 saturated carbocycles. The van der Waals surface area contributed by atoms with Gasteiger partial charge in [0, 0.05) is 43.5 Å². The highest BCUT2D eigenvalue weighted by molar-refractivity contribution is 5.23. The van der Waals surface area contributed by atoms with Crippen LogP contribution in [0.3, 0.4) is 0 Å². The molecule has 0 spiro atoms. The first-order valence-corrected chi connectivity index (χ1v) is 6.26. The van der Waals surface area contributed by atoms with Crippen molar-refractivity contribution in [3.8, 4) is 0 Å². The number of halogens is 2. The van der Waals surface area contributed by atoms with Gasteiger partial charge in [-0.1, -0.05) is 13.0 Å². The van der Waals surface area contributed by atoms with Crippen LogP contribution in [-0.2, 0) is 13.5 Å². The summed E-state index contributed by atoms with van der Waals surface area (Å²) in [5, 5.41) is 3.21. The summed E-state index contributed by atoms with van der Waals surface area (Å²) >= 11 is 0. The van der Waals surface area contributed by atoms with Crippen molar-refractivity contribution in [3.05, 3.63) is 53.6 Å². The molecule has 0 radical (unpaired) electrons. The summed E-state index contributed by atoms with van der Waals surface area (Å²) < 4.78 is 28.7. The number of benzene rings is 1. The van der Waals surface area contributed by atoms with Crippen LogP contribution >= 0.6 is 0 Å². The van der Waals surface area contributed by atoms with Crippen LogP contribution in [0.5, 0.6) is 0 Å². The lowest BCUT2D eigenvalue weighted by molar-refractivity contribution is 0.490. The van der Waals surface area contributed by atoms with E-state index < -0.39 is 11.6 Å². The summed E-state index contributed by atoms with van der Waals surface area (Å²) in [5.41, 5.74) is 0.464. The van der Waals surface area contributed by atoms with Crippen molar-refractivity contribution >= 4 is 0 Å². The SMILES string of the molecule is CCNC(Cc1nccn1C)c1ccc(F)cc1F. The minimum absolute atomic E-state index is 0.216. The average molecular weight is 265 g/mol. The Hall–Kier alpha value is -1.75. The van der Waals surface area contributed by atoms with Crippen molar-refractivity contribution < 1.29 is 8.78 Å². The van der Waals surface area contributed by atoms with E-state index in [-0.39, 0.29) is 6.04 Å². The zero-order valence-electron chi connectivity index (χ0n) is 11.0. The number of rotatable bonds is 5. The number of imidazole rings is 1. The Morgan fingerprint density at radius 1 is 1.37 bits per heavy atom. The number of hydrogen-bond acceptors (Lipinski definition) is 2. The molecule has 0 aliphatic rings. The summed E-state index contributed by atoms with van der Waals surface area (Å²) in [4.78, 5) is 4.24. The van der Waals surface area contributed by atoms with Crippen molar-refractivity contribution in [2.45, 2.75) is 19.4 Å². The van der Waals surface area contributed by atoms with Crippen LogP contribution in [0.4, 0.5) is 8.78 Å². The zero-order chi connectivity index (χ0) is 13.8. The normalized spacial score (nSPS) is 12.6. The predicted molar refractivity (Wildman–Crippen MR) is 69.7 cm³/mol. The van der Waals surface area contributed by atoms with Gasteiger partial charge in [0.1, 0.15) is 17.5 Å². The second-order valence-electron chi connectivity index (χ2n) is 4.43. The van der Waals surface area contributed by atoms with Crippen LogP contribution in [0.15, 0.2) is 30.6 Å². The first kappa shape index (κ1) is 13.7. The third-order valence-electron chi connectivity index (χ3n) is 3.10. The lowest BCUT2D eigenvalue weighted by Crippen LogP contribution is -2.25. The van der Waals surface area contributed by atoms with Crippen molar-refractivity contribution in [3.63, 3.8) is 0 Å². The van der Waals surface area contributed by atoms with Crippen LogP contribution < -0.4 is 5.32 Å². The minimum Gasteiger partial charge on any atom is -0.338 e. The quantitative estimate of drug-likeness (QED) is 0.900. The van der Waals surface area contributed by atoms with Gasteiger partial charge < -0.3 is 9.88 Å². The zero-order valence-corrected chi connectivity index (χ0v) is 11.0. The summed E-state index contributed by atoms with van der Waals surface area (Å²) in [7, 11) is 1.90. The van der Waals surface area contributed by atoms with Gasteiger partial charge >= 0.3 is 0 Å². The van der Waals surface area contributed by atoms with Gasteiger partial charge in [-0.15, -0.1) is 0 Å². The molecule has 2 aromatic rings. The predicted octanol–water partition coefficient (Wildman–Crippen LogP) is 2.59. The molecule has 1 atom stereocenters. The van der Waals surface area contributed by atoms with E-state index in [4.69, 9.17) is 0 Å². The first-order valence-electron chi connectivity index (χ1n) is 6.26. The van der Waals surface area contributed by atoms with Gasteiger partial charge in [-0.3, -0.25) is 0 Å². The second kappa shape index (κ2) is 5.93. The van der Waals surface area contributed by atoms with Crippen molar-refractivity contribution in [2.24, 2.45) is 7.05 Å². The second-order valence-corrected chi connectivity index (χ2v) is 4.43. The lowest BCUT2D eigenvalue weighted by atomic mass is 10.0. The van der Waals surface area contributed by atoms with Crippen molar-refractivity contribution in [2.75, 3.05) is 6.54 Å². The molecule has 2 rings (SSSR count). The monoisotopic (exact) mass is 265 g/mol. The van der Waals surface area contributed by atoms with E-state index in [9.17, 15) is 8.78 Å². The van der Waals surface area contributed by atoms with Gasteiger partial charge in [-0.2, -0.15) is 0 Å². The minimum atomic E-state index is -0.562. The number of aryl methyl sites for hydroxylation is 1. The molecule has 0 amide bonds. The van der Waals surface area contributed by atoms with Gasteiger partial charge in [0.15, 0.2) is 0 Å². The third-order valence-corrected chi connectivity index (χ3v) is 3.10. The molecule has 1 heterocycles.